The fourth-order valence-electron chi connectivity index (χ4n) is 2.90. The first-order chi connectivity index (χ1) is 13.5. The monoisotopic (exact) mass is 388 g/mol. The number of carbonyl (C=O) groups excluding carboxylic acids is 1. The third-order valence-electron chi connectivity index (χ3n) is 4.47. The fraction of sp³-hybridized carbons (Fsp3) is 0.286. The van der Waals surface area contributed by atoms with Crippen molar-refractivity contribution in [2.24, 2.45) is 0 Å². The smallest absolute Gasteiger partial charge is 0.244 e. The Hall–Kier alpha value is -2.77. The number of anilines is 1. The predicted octanol–water partition coefficient (Wildman–Crippen LogP) is 2.66. The van der Waals surface area contributed by atoms with Crippen LogP contribution in [0.2, 0.25) is 0 Å². The lowest BCUT2D eigenvalue weighted by atomic mass is 10.1. The van der Waals surface area contributed by atoms with E-state index in [0.29, 0.717) is 43.1 Å². The van der Waals surface area contributed by atoms with Crippen LogP contribution in [-0.4, -0.2) is 43.9 Å². The van der Waals surface area contributed by atoms with E-state index in [1.165, 1.54) is 30.3 Å². The summed E-state index contributed by atoms with van der Waals surface area (Å²) in [6.07, 6.45) is 1.89. The lowest BCUT2D eigenvalue weighted by molar-refractivity contribution is -0.116. The number of benzene rings is 2. The maximum atomic E-state index is 14.2. The number of amides is 1. The van der Waals surface area contributed by atoms with E-state index >= 15 is 0 Å². The number of nitrogens with zero attached hydrogens (tertiary/aromatic N) is 1. The second-order valence-electron chi connectivity index (χ2n) is 6.46. The van der Waals surface area contributed by atoms with Crippen LogP contribution in [0.15, 0.2) is 48.5 Å². The van der Waals surface area contributed by atoms with Gasteiger partial charge in [-0.05, 0) is 41.5 Å². The van der Waals surface area contributed by atoms with Crippen LogP contribution < -0.4 is 10.2 Å². The van der Waals surface area contributed by atoms with Gasteiger partial charge < -0.3 is 20.1 Å². The van der Waals surface area contributed by atoms with Crippen LogP contribution in [0.3, 0.4) is 0 Å². The summed E-state index contributed by atoms with van der Waals surface area (Å²) in [7, 11) is 0. The normalized spacial score (nSPS) is 15.6. The molecular weight excluding hydrogens is 366 g/mol. The highest BCUT2D eigenvalue weighted by Gasteiger charge is 2.18. The van der Waals surface area contributed by atoms with Crippen LogP contribution in [0.1, 0.15) is 17.2 Å². The topological polar surface area (TPSA) is 61.8 Å². The van der Waals surface area contributed by atoms with E-state index in [-0.39, 0.29) is 24.1 Å². The predicted molar refractivity (Wildman–Crippen MR) is 103 cm³/mol. The van der Waals surface area contributed by atoms with Crippen molar-refractivity contribution < 1.29 is 23.4 Å². The number of ether oxygens (including phenoxy) is 1. The molecule has 1 atom stereocenters. The van der Waals surface area contributed by atoms with Gasteiger partial charge in [0.25, 0.3) is 0 Å². The van der Waals surface area contributed by atoms with Gasteiger partial charge >= 0.3 is 0 Å². The number of carbonyl (C=O) groups is 1. The van der Waals surface area contributed by atoms with Gasteiger partial charge in [-0.3, -0.25) is 4.79 Å². The lowest BCUT2D eigenvalue weighted by Gasteiger charge is -2.29. The van der Waals surface area contributed by atoms with Gasteiger partial charge in [-0.1, -0.05) is 18.2 Å². The first-order valence-electron chi connectivity index (χ1n) is 9.04. The van der Waals surface area contributed by atoms with Crippen molar-refractivity contribution in [1.29, 1.82) is 0 Å². The van der Waals surface area contributed by atoms with Crippen molar-refractivity contribution in [3.05, 3.63) is 71.3 Å². The summed E-state index contributed by atoms with van der Waals surface area (Å²) in [6.45, 7) is 2.22. The molecule has 0 saturated carbocycles. The molecule has 0 bridgehead atoms. The van der Waals surface area contributed by atoms with Crippen LogP contribution in [0.25, 0.3) is 6.08 Å². The minimum absolute atomic E-state index is 0.0131. The van der Waals surface area contributed by atoms with Gasteiger partial charge in [0.2, 0.25) is 5.91 Å². The maximum absolute atomic E-state index is 14.2. The average molecular weight is 388 g/mol. The Labute approximate surface area is 162 Å². The molecule has 1 aliphatic rings. The molecule has 148 valence electrons. The molecule has 1 fully saturated rings. The van der Waals surface area contributed by atoms with Gasteiger partial charge in [0, 0.05) is 25.7 Å². The zero-order valence-corrected chi connectivity index (χ0v) is 15.3. The largest absolute Gasteiger partial charge is 0.387 e. The van der Waals surface area contributed by atoms with Crippen LogP contribution in [-0.2, 0) is 9.53 Å². The van der Waals surface area contributed by atoms with E-state index in [1.54, 1.807) is 24.3 Å². The second-order valence-corrected chi connectivity index (χ2v) is 6.46. The number of hydrogen-bond acceptors (Lipinski definition) is 4. The van der Waals surface area contributed by atoms with Crippen LogP contribution >= 0.6 is 0 Å². The van der Waals surface area contributed by atoms with Crippen molar-refractivity contribution in [2.45, 2.75) is 6.10 Å². The van der Waals surface area contributed by atoms with Crippen LogP contribution in [0, 0.1) is 11.6 Å². The highest BCUT2D eigenvalue weighted by molar-refractivity contribution is 5.91. The molecular formula is C21H22F2N2O3. The van der Waals surface area contributed by atoms with Crippen molar-refractivity contribution in [2.75, 3.05) is 37.7 Å². The lowest BCUT2D eigenvalue weighted by Crippen LogP contribution is -2.36. The number of morpholine rings is 1. The van der Waals surface area contributed by atoms with Crippen molar-refractivity contribution >= 4 is 17.7 Å². The van der Waals surface area contributed by atoms with Crippen LogP contribution in [0.5, 0.6) is 0 Å². The van der Waals surface area contributed by atoms with E-state index in [0.717, 1.165) is 0 Å². The van der Waals surface area contributed by atoms with Crippen LogP contribution in [0.4, 0.5) is 14.5 Å². The summed E-state index contributed by atoms with van der Waals surface area (Å²) >= 11 is 0. The molecule has 0 aromatic heterocycles. The van der Waals surface area contributed by atoms with Gasteiger partial charge in [0.05, 0.1) is 25.0 Å². The SMILES string of the molecule is O=C(C=Cc1ccc(F)cc1)NCC(O)c1ccc(F)c(N2CCOCC2)c1. The molecule has 5 nitrogen and oxygen atoms in total. The van der Waals surface area contributed by atoms with Gasteiger partial charge in [-0.25, -0.2) is 8.78 Å². The van der Waals surface area contributed by atoms with E-state index < -0.39 is 6.10 Å². The summed E-state index contributed by atoms with van der Waals surface area (Å²) in [5.74, 6) is -1.09. The third-order valence-corrected chi connectivity index (χ3v) is 4.47. The Morgan fingerprint density at radius 2 is 1.89 bits per heavy atom. The summed E-state index contributed by atoms with van der Waals surface area (Å²) < 4.78 is 32.3. The molecule has 1 heterocycles. The molecule has 7 heteroatoms. The third kappa shape index (κ3) is 5.37. The highest BCUT2D eigenvalue weighted by atomic mass is 19.1. The average Bonchev–Trinajstić information content (AvgIpc) is 2.72. The quantitative estimate of drug-likeness (QED) is 0.747. The molecule has 3 rings (SSSR count). The minimum Gasteiger partial charge on any atom is -0.387 e. The zero-order valence-electron chi connectivity index (χ0n) is 15.3. The van der Waals surface area contributed by atoms with Crippen molar-refractivity contribution in [3.8, 4) is 0 Å². The van der Waals surface area contributed by atoms with Gasteiger partial charge in [-0.2, -0.15) is 0 Å². The molecule has 0 aliphatic carbocycles. The Kier molecular flexibility index (Phi) is 6.73. The number of rotatable bonds is 6. The molecule has 1 aliphatic heterocycles. The Balaban J connectivity index is 1.57. The summed E-state index contributed by atoms with van der Waals surface area (Å²) in [5, 5.41) is 13.0. The molecule has 2 aromatic rings. The summed E-state index contributed by atoms with van der Waals surface area (Å²) in [5.41, 5.74) is 1.62. The molecule has 1 amide bonds. The number of hydrogen-bond donors (Lipinski definition) is 2. The number of aliphatic hydroxyl groups is 1. The standard InChI is InChI=1S/C21H22F2N2O3/c22-17-5-1-15(2-6-17)3-8-21(27)24-14-20(26)16-4-7-18(23)19(13-16)25-9-11-28-12-10-25/h1-8,13,20,26H,9-12,14H2,(H,24,27). The Morgan fingerprint density at radius 3 is 2.61 bits per heavy atom. The molecule has 28 heavy (non-hydrogen) atoms. The molecule has 0 spiro atoms. The molecule has 2 aromatic carbocycles. The first-order valence-corrected chi connectivity index (χ1v) is 9.04. The van der Waals surface area contributed by atoms with E-state index in [1.807, 2.05) is 4.90 Å². The molecule has 0 radical (unpaired) electrons. The zero-order chi connectivity index (χ0) is 19.9. The van der Waals surface area contributed by atoms with Gasteiger partial charge in [-0.15, -0.1) is 0 Å². The first kappa shape index (κ1) is 20.0. The molecule has 1 unspecified atom stereocenters. The second kappa shape index (κ2) is 9.43. The number of halogens is 2. The molecule has 2 N–H and O–H groups in total. The molecule has 1 saturated heterocycles. The van der Waals surface area contributed by atoms with E-state index in [4.69, 9.17) is 4.74 Å². The van der Waals surface area contributed by atoms with Gasteiger partial charge in [0.15, 0.2) is 0 Å². The number of nitrogens with one attached hydrogen (secondary N) is 1. The van der Waals surface area contributed by atoms with Crippen molar-refractivity contribution in [3.63, 3.8) is 0 Å². The van der Waals surface area contributed by atoms with Gasteiger partial charge in [0.1, 0.15) is 11.6 Å². The highest BCUT2D eigenvalue weighted by Crippen LogP contribution is 2.25. The fourth-order valence-corrected chi connectivity index (χ4v) is 2.90. The number of aliphatic hydroxyl groups excluding tert-OH is 1. The van der Waals surface area contributed by atoms with E-state index in [2.05, 4.69) is 5.32 Å². The maximum Gasteiger partial charge on any atom is 0.244 e. The Bertz CT molecular complexity index is 834. The summed E-state index contributed by atoms with van der Waals surface area (Å²) in [6, 6.07) is 10.2. The summed E-state index contributed by atoms with van der Waals surface area (Å²) in [4.78, 5) is 13.8. The van der Waals surface area contributed by atoms with Crippen molar-refractivity contribution in [1.82, 2.24) is 5.32 Å². The Morgan fingerprint density at radius 1 is 1.18 bits per heavy atom. The van der Waals surface area contributed by atoms with E-state index in [9.17, 15) is 18.7 Å². The minimum atomic E-state index is -0.969.